The van der Waals surface area contributed by atoms with Gasteiger partial charge < -0.3 is 30.7 Å². The molecule has 2 fully saturated rings. The van der Waals surface area contributed by atoms with E-state index in [-0.39, 0.29) is 6.61 Å². The highest BCUT2D eigenvalue weighted by atomic mass is 16.7. The summed E-state index contributed by atoms with van der Waals surface area (Å²) in [5, 5.41) is 22.1. The standard InChI is InChI=1S/C9H14N2O6/c1-3(12)11-4-5(13)6(14)9(8(10)15)2-16-7(4)17-9/h4-7,13-14H,2H2,1H3,(H2,10,15)(H,11,12)/t4-,5-,6-,7+,9+/m1/s1. The van der Waals surface area contributed by atoms with E-state index in [1.165, 1.54) is 6.92 Å². The Morgan fingerprint density at radius 3 is 2.65 bits per heavy atom. The molecule has 8 heteroatoms. The first-order valence-corrected chi connectivity index (χ1v) is 5.11. The minimum atomic E-state index is -1.74. The van der Waals surface area contributed by atoms with Crippen LogP contribution in [0.3, 0.4) is 0 Å². The molecular formula is C9H14N2O6. The zero-order chi connectivity index (χ0) is 12.8. The third-order valence-corrected chi connectivity index (χ3v) is 3.04. The van der Waals surface area contributed by atoms with Crippen molar-refractivity contribution in [3.63, 3.8) is 0 Å². The van der Waals surface area contributed by atoms with Gasteiger partial charge in [0, 0.05) is 6.92 Å². The zero-order valence-electron chi connectivity index (χ0n) is 9.12. The summed E-state index contributed by atoms with van der Waals surface area (Å²) in [6, 6.07) is -0.933. The van der Waals surface area contributed by atoms with Crippen LogP contribution in [0.25, 0.3) is 0 Å². The molecule has 2 saturated heterocycles. The number of nitrogens with two attached hydrogens (primary N) is 1. The third-order valence-electron chi connectivity index (χ3n) is 3.04. The van der Waals surface area contributed by atoms with Crippen molar-refractivity contribution in [2.24, 2.45) is 5.73 Å². The first kappa shape index (κ1) is 12.2. The fourth-order valence-corrected chi connectivity index (χ4v) is 2.11. The summed E-state index contributed by atoms with van der Waals surface area (Å²) in [5.41, 5.74) is 3.40. The van der Waals surface area contributed by atoms with Crippen LogP contribution in [0, 0.1) is 0 Å². The Labute approximate surface area is 96.7 Å². The normalized spacial score (nSPS) is 44.4. The summed E-state index contributed by atoms with van der Waals surface area (Å²) >= 11 is 0. The lowest BCUT2D eigenvalue weighted by atomic mass is 9.87. The lowest BCUT2D eigenvalue weighted by Gasteiger charge is -2.40. The predicted molar refractivity (Wildman–Crippen MR) is 52.4 cm³/mol. The molecule has 2 bridgehead atoms. The van der Waals surface area contributed by atoms with Gasteiger partial charge in [0.05, 0.1) is 6.61 Å². The van der Waals surface area contributed by atoms with E-state index in [9.17, 15) is 19.8 Å². The molecule has 2 amide bonds. The molecule has 0 saturated carbocycles. The Morgan fingerprint density at radius 1 is 1.47 bits per heavy atom. The van der Waals surface area contributed by atoms with Gasteiger partial charge in [-0.15, -0.1) is 0 Å². The Bertz CT molecular complexity index is 359. The maximum atomic E-state index is 11.3. The molecule has 2 rings (SSSR count). The first-order chi connectivity index (χ1) is 7.88. The van der Waals surface area contributed by atoms with Crippen LogP contribution in [-0.2, 0) is 19.1 Å². The largest absolute Gasteiger partial charge is 0.388 e. The Hall–Kier alpha value is -1.22. The van der Waals surface area contributed by atoms with E-state index >= 15 is 0 Å². The highest BCUT2D eigenvalue weighted by Crippen LogP contribution is 2.36. The molecule has 2 heterocycles. The van der Waals surface area contributed by atoms with Gasteiger partial charge in [-0.2, -0.15) is 0 Å². The molecule has 0 aromatic heterocycles. The van der Waals surface area contributed by atoms with E-state index < -0.39 is 42.0 Å². The van der Waals surface area contributed by atoms with Gasteiger partial charge in [0.2, 0.25) is 11.5 Å². The monoisotopic (exact) mass is 246 g/mol. The van der Waals surface area contributed by atoms with Crippen LogP contribution >= 0.6 is 0 Å². The van der Waals surface area contributed by atoms with Gasteiger partial charge in [0.25, 0.3) is 5.91 Å². The number of amides is 2. The third kappa shape index (κ3) is 1.69. The predicted octanol–water partition coefficient (Wildman–Crippen LogP) is -3.18. The van der Waals surface area contributed by atoms with Crippen molar-refractivity contribution in [2.75, 3.05) is 6.61 Å². The molecule has 0 aliphatic carbocycles. The average Bonchev–Trinajstić information content (AvgIpc) is 2.65. The van der Waals surface area contributed by atoms with Gasteiger partial charge in [0.1, 0.15) is 18.2 Å². The van der Waals surface area contributed by atoms with Gasteiger partial charge in [-0.3, -0.25) is 9.59 Å². The van der Waals surface area contributed by atoms with Gasteiger partial charge >= 0.3 is 0 Å². The van der Waals surface area contributed by atoms with Crippen molar-refractivity contribution in [3.8, 4) is 0 Å². The highest BCUT2D eigenvalue weighted by Gasteiger charge is 2.62. The molecule has 0 spiro atoms. The van der Waals surface area contributed by atoms with Crippen LogP contribution in [-0.4, -0.2) is 58.8 Å². The molecule has 0 aromatic rings. The number of fused-ring (bicyclic) bond motifs is 2. The molecule has 0 radical (unpaired) electrons. The summed E-state index contributed by atoms with van der Waals surface area (Å²) < 4.78 is 10.4. The van der Waals surface area contributed by atoms with Gasteiger partial charge in [0.15, 0.2) is 6.29 Å². The van der Waals surface area contributed by atoms with E-state index in [1.54, 1.807) is 0 Å². The number of ether oxygens (including phenoxy) is 2. The van der Waals surface area contributed by atoms with E-state index in [1.807, 2.05) is 0 Å². The van der Waals surface area contributed by atoms with Gasteiger partial charge in [-0.1, -0.05) is 0 Å². The second-order valence-electron chi connectivity index (χ2n) is 4.21. The molecule has 17 heavy (non-hydrogen) atoms. The summed E-state index contributed by atoms with van der Waals surface area (Å²) in [4.78, 5) is 22.2. The average molecular weight is 246 g/mol. The zero-order valence-corrected chi connectivity index (χ0v) is 9.12. The lowest BCUT2D eigenvalue weighted by Crippen LogP contribution is -2.68. The van der Waals surface area contributed by atoms with Crippen molar-refractivity contribution in [1.29, 1.82) is 0 Å². The minimum absolute atomic E-state index is 0.249. The molecule has 2 aliphatic heterocycles. The molecule has 2 aliphatic rings. The Morgan fingerprint density at radius 2 is 2.12 bits per heavy atom. The van der Waals surface area contributed by atoms with Crippen molar-refractivity contribution >= 4 is 11.8 Å². The molecule has 96 valence electrons. The summed E-state index contributed by atoms with van der Waals surface area (Å²) in [6.07, 6.45) is -3.92. The molecular weight excluding hydrogens is 232 g/mol. The van der Waals surface area contributed by atoms with Crippen LogP contribution < -0.4 is 11.1 Å². The van der Waals surface area contributed by atoms with E-state index in [4.69, 9.17) is 15.2 Å². The van der Waals surface area contributed by atoms with Crippen molar-refractivity contribution in [1.82, 2.24) is 5.32 Å². The van der Waals surface area contributed by atoms with E-state index in [2.05, 4.69) is 5.32 Å². The van der Waals surface area contributed by atoms with Crippen LogP contribution in [0.2, 0.25) is 0 Å². The number of aliphatic hydroxyl groups excluding tert-OH is 2. The topological polar surface area (TPSA) is 131 Å². The van der Waals surface area contributed by atoms with Crippen LogP contribution in [0.1, 0.15) is 6.92 Å². The van der Waals surface area contributed by atoms with Crippen molar-refractivity contribution in [3.05, 3.63) is 0 Å². The smallest absolute Gasteiger partial charge is 0.255 e. The van der Waals surface area contributed by atoms with Crippen LogP contribution in [0.15, 0.2) is 0 Å². The van der Waals surface area contributed by atoms with E-state index in [0.29, 0.717) is 0 Å². The quantitative estimate of drug-likeness (QED) is 0.406. The number of hydrogen-bond acceptors (Lipinski definition) is 6. The maximum absolute atomic E-state index is 11.3. The number of primary amides is 1. The summed E-state index contributed by atoms with van der Waals surface area (Å²) in [6.45, 7) is 1.01. The number of hydrogen-bond donors (Lipinski definition) is 4. The first-order valence-electron chi connectivity index (χ1n) is 5.11. The van der Waals surface area contributed by atoms with Crippen LogP contribution in [0.5, 0.6) is 0 Å². The molecule has 0 unspecified atom stereocenters. The number of carbonyl (C=O) groups is 2. The molecule has 5 N–H and O–H groups in total. The molecule has 5 atom stereocenters. The minimum Gasteiger partial charge on any atom is -0.388 e. The second-order valence-corrected chi connectivity index (χ2v) is 4.21. The van der Waals surface area contributed by atoms with Crippen LogP contribution in [0.4, 0.5) is 0 Å². The number of carbonyl (C=O) groups excluding carboxylic acids is 2. The number of nitrogens with one attached hydrogen (secondary N) is 1. The summed E-state index contributed by atoms with van der Waals surface area (Å²) in [5.74, 6) is -1.32. The second kappa shape index (κ2) is 3.91. The van der Waals surface area contributed by atoms with Crippen molar-refractivity contribution < 1.29 is 29.3 Å². The number of rotatable bonds is 2. The highest BCUT2D eigenvalue weighted by molar-refractivity contribution is 5.85. The van der Waals surface area contributed by atoms with Gasteiger partial charge in [-0.25, -0.2) is 0 Å². The molecule has 8 nitrogen and oxygen atoms in total. The lowest BCUT2D eigenvalue weighted by molar-refractivity contribution is -0.221. The SMILES string of the molecule is CC(=O)N[C@H]1[C@H]2OC[C@](C(N)=O)(O2)[C@H](O)[C@@H]1O. The van der Waals surface area contributed by atoms with E-state index in [0.717, 1.165) is 0 Å². The maximum Gasteiger partial charge on any atom is 0.255 e. The number of aliphatic hydroxyl groups is 2. The summed E-state index contributed by atoms with van der Waals surface area (Å²) in [7, 11) is 0. The fraction of sp³-hybridized carbons (Fsp3) is 0.778. The fourth-order valence-electron chi connectivity index (χ4n) is 2.11. The Kier molecular flexibility index (Phi) is 2.82. The van der Waals surface area contributed by atoms with Gasteiger partial charge in [-0.05, 0) is 0 Å². The molecule has 0 aromatic carbocycles. The van der Waals surface area contributed by atoms with Crippen molar-refractivity contribution in [2.45, 2.75) is 37.1 Å². The Balaban J connectivity index is 2.25.